The predicted molar refractivity (Wildman–Crippen MR) is 75.7 cm³/mol. The van der Waals surface area contributed by atoms with Crippen molar-refractivity contribution in [3.63, 3.8) is 0 Å². The molecule has 1 amide bonds. The Morgan fingerprint density at radius 2 is 1.94 bits per heavy atom. The number of nitrogens with two attached hydrogens (primary N) is 1. The molecule has 1 atom stereocenters. The van der Waals surface area contributed by atoms with E-state index in [1.54, 1.807) is 11.8 Å². The Bertz CT molecular complexity index is 399. The highest BCUT2D eigenvalue weighted by Gasteiger charge is 2.23. The van der Waals surface area contributed by atoms with Gasteiger partial charge < -0.3 is 10.6 Å². The molecule has 0 aliphatic carbocycles. The van der Waals surface area contributed by atoms with Gasteiger partial charge in [0, 0.05) is 18.0 Å². The third-order valence-electron chi connectivity index (χ3n) is 3.35. The Hall–Kier alpha value is -1.00. The molecule has 3 nitrogen and oxygen atoms in total. The van der Waals surface area contributed by atoms with Gasteiger partial charge in [0.25, 0.3) is 0 Å². The van der Waals surface area contributed by atoms with Crippen molar-refractivity contribution < 1.29 is 4.79 Å². The first kappa shape index (κ1) is 13.4. The third kappa shape index (κ3) is 3.27. The van der Waals surface area contributed by atoms with Crippen LogP contribution >= 0.6 is 11.8 Å². The minimum atomic E-state index is -0.400. The van der Waals surface area contributed by atoms with Crippen LogP contribution in [0.2, 0.25) is 0 Å². The average Bonchev–Trinajstić information content (AvgIpc) is 2.92. The Labute approximate surface area is 113 Å². The second kappa shape index (κ2) is 6.25. The quantitative estimate of drug-likeness (QED) is 0.845. The summed E-state index contributed by atoms with van der Waals surface area (Å²) in [5.41, 5.74) is 7.14. The van der Waals surface area contributed by atoms with Crippen molar-refractivity contribution in [1.29, 1.82) is 0 Å². The number of likely N-dealkylation sites (tertiary alicyclic amines) is 1. The number of thioether (sulfide) groups is 1. The van der Waals surface area contributed by atoms with Crippen LogP contribution in [0.5, 0.6) is 0 Å². The summed E-state index contributed by atoms with van der Waals surface area (Å²) in [6, 6.07) is 7.87. The molecule has 1 aliphatic rings. The number of rotatable bonds is 4. The molecule has 1 aliphatic heterocycles. The van der Waals surface area contributed by atoms with Crippen molar-refractivity contribution in [1.82, 2.24) is 4.90 Å². The number of carbonyl (C=O) groups is 1. The minimum absolute atomic E-state index is 0.0986. The van der Waals surface area contributed by atoms with Crippen LogP contribution in [0.25, 0.3) is 0 Å². The molecule has 0 spiro atoms. The highest BCUT2D eigenvalue weighted by molar-refractivity contribution is 7.98. The minimum Gasteiger partial charge on any atom is -0.341 e. The molecule has 0 aromatic heterocycles. The third-order valence-corrected chi connectivity index (χ3v) is 4.09. The van der Waals surface area contributed by atoms with Gasteiger partial charge >= 0.3 is 0 Å². The summed E-state index contributed by atoms with van der Waals surface area (Å²) in [4.78, 5) is 15.2. The molecule has 2 N–H and O–H groups in total. The monoisotopic (exact) mass is 264 g/mol. The van der Waals surface area contributed by atoms with E-state index in [2.05, 4.69) is 30.5 Å². The summed E-state index contributed by atoms with van der Waals surface area (Å²) < 4.78 is 0. The van der Waals surface area contributed by atoms with Gasteiger partial charge in [0.1, 0.15) is 0 Å². The fourth-order valence-electron chi connectivity index (χ4n) is 2.27. The molecule has 1 unspecified atom stereocenters. The van der Waals surface area contributed by atoms with Crippen LogP contribution in [0.15, 0.2) is 29.2 Å². The molecule has 98 valence electrons. The number of amides is 1. The van der Waals surface area contributed by atoms with Crippen LogP contribution in [0.4, 0.5) is 0 Å². The van der Waals surface area contributed by atoms with Gasteiger partial charge in [0.15, 0.2) is 0 Å². The van der Waals surface area contributed by atoms with Gasteiger partial charge in [-0.2, -0.15) is 0 Å². The second-order valence-corrected chi connectivity index (χ2v) is 5.57. The molecular weight excluding hydrogens is 244 g/mol. The van der Waals surface area contributed by atoms with Gasteiger partial charge in [-0.1, -0.05) is 12.1 Å². The van der Waals surface area contributed by atoms with E-state index in [1.165, 1.54) is 4.90 Å². The average molecular weight is 264 g/mol. The predicted octanol–water partition coefficient (Wildman–Crippen LogP) is 1.90. The van der Waals surface area contributed by atoms with Gasteiger partial charge in [0.2, 0.25) is 5.91 Å². The van der Waals surface area contributed by atoms with Crippen molar-refractivity contribution in [2.45, 2.75) is 30.2 Å². The van der Waals surface area contributed by atoms with Gasteiger partial charge in [-0.3, -0.25) is 4.79 Å². The fourth-order valence-corrected chi connectivity index (χ4v) is 2.68. The number of carbonyl (C=O) groups excluding carboxylic acids is 1. The lowest BCUT2D eigenvalue weighted by atomic mass is 10.1. The van der Waals surface area contributed by atoms with Crippen LogP contribution in [0.3, 0.4) is 0 Å². The van der Waals surface area contributed by atoms with Crippen LogP contribution in [0.1, 0.15) is 18.4 Å². The number of benzene rings is 1. The Morgan fingerprint density at radius 1 is 1.33 bits per heavy atom. The molecule has 1 aromatic carbocycles. The zero-order chi connectivity index (χ0) is 13.0. The first-order valence-corrected chi connectivity index (χ1v) is 7.60. The molecule has 1 fully saturated rings. The molecule has 18 heavy (non-hydrogen) atoms. The fraction of sp³-hybridized carbons (Fsp3) is 0.500. The van der Waals surface area contributed by atoms with Crippen LogP contribution in [-0.4, -0.2) is 36.2 Å². The summed E-state index contributed by atoms with van der Waals surface area (Å²) in [7, 11) is 0. The van der Waals surface area contributed by atoms with Crippen molar-refractivity contribution in [2.24, 2.45) is 5.73 Å². The van der Waals surface area contributed by atoms with E-state index in [0.717, 1.165) is 31.5 Å². The van der Waals surface area contributed by atoms with Gasteiger partial charge in [-0.25, -0.2) is 0 Å². The summed E-state index contributed by atoms with van der Waals surface area (Å²) in [6.45, 7) is 1.75. The lowest BCUT2D eigenvalue weighted by Crippen LogP contribution is -2.43. The summed E-state index contributed by atoms with van der Waals surface area (Å²) >= 11 is 1.72. The molecule has 1 aromatic rings. The normalized spacial score (nSPS) is 16.9. The number of hydrogen-bond acceptors (Lipinski definition) is 3. The maximum atomic E-state index is 12.1. The summed E-state index contributed by atoms with van der Waals surface area (Å²) in [5.74, 6) is 0.0986. The van der Waals surface area contributed by atoms with E-state index in [0.29, 0.717) is 6.42 Å². The molecule has 1 heterocycles. The zero-order valence-electron chi connectivity index (χ0n) is 10.8. The van der Waals surface area contributed by atoms with E-state index in [-0.39, 0.29) is 5.91 Å². The van der Waals surface area contributed by atoms with Crippen LogP contribution in [-0.2, 0) is 11.2 Å². The molecule has 2 rings (SSSR count). The van der Waals surface area contributed by atoms with E-state index in [1.807, 2.05) is 4.90 Å². The largest absolute Gasteiger partial charge is 0.341 e. The van der Waals surface area contributed by atoms with Crippen molar-refractivity contribution >= 4 is 17.7 Å². The second-order valence-electron chi connectivity index (χ2n) is 4.69. The van der Waals surface area contributed by atoms with Crippen molar-refractivity contribution in [3.05, 3.63) is 29.8 Å². The first-order valence-electron chi connectivity index (χ1n) is 6.38. The Morgan fingerprint density at radius 3 is 2.50 bits per heavy atom. The molecule has 1 saturated heterocycles. The van der Waals surface area contributed by atoms with Gasteiger partial charge in [-0.05, 0) is 43.2 Å². The van der Waals surface area contributed by atoms with E-state index >= 15 is 0 Å². The number of hydrogen-bond donors (Lipinski definition) is 1. The smallest absolute Gasteiger partial charge is 0.239 e. The lowest BCUT2D eigenvalue weighted by molar-refractivity contribution is -0.131. The van der Waals surface area contributed by atoms with Crippen molar-refractivity contribution in [2.75, 3.05) is 19.3 Å². The summed E-state index contributed by atoms with van der Waals surface area (Å²) in [5, 5.41) is 0. The molecule has 0 bridgehead atoms. The van der Waals surface area contributed by atoms with Crippen LogP contribution in [0, 0.1) is 0 Å². The van der Waals surface area contributed by atoms with Gasteiger partial charge in [-0.15, -0.1) is 11.8 Å². The summed E-state index contributed by atoms with van der Waals surface area (Å²) in [6.07, 6.45) is 4.91. The molecule has 0 saturated carbocycles. The highest BCUT2D eigenvalue weighted by Crippen LogP contribution is 2.16. The zero-order valence-corrected chi connectivity index (χ0v) is 11.6. The standard InChI is InChI=1S/C14H20N2OS/c1-18-12-6-4-11(5-7-12)10-13(15)14(17)16-8-2-3-9-16/h4-7,13H,2-3,8-10,15H2,1H3. The van der Waals surface area contributed by atoms with E-state index in [4.69, 9.17) is 5.73 Å². The number of nitrogens with zero attached hydrogens (tertiary/aromatic N) is 1. The van der Waals surface area contributed by atoms with Crippen LogP contribution < -0.4 is 5.73 Å². The van der Waals surface area contributed by atoms with E-state index in [9.17, 15) is 4.79 Å². The molecule has 4 heteroatoms. The van der Waals surface area contributed by atoms with Crippen molar-refractivity contribution in [3.8, 4) is 0 Å². The maximum absolute atomic E-state index is 12.1. The van der Waals surface area contributed by atoms with Gasteiger partial charge in [0.05, 0.1) is 6.04 Å². The molecule has 0 radical (unpaired) electrons. The Balaban J connectivity index is 1.92. The maximum Gasteiger partial charge on any atom is 0.239 e. The SMILES string of the molecule is CSc1ccc(CC(N)C(=O)N2CCCC2)cc1. The Kier molecular flexibility index (Phi) is 4.66. The van der Waals surface area contributed by atoms with E-state index < -0.39 is 6.04 Å². The molecular formula is C14H20N2OS. The topological polar surface area (TPSA) is 46.3 Å². The first-order chi connectivity index (χ1) is 8.70. The highest BCUT2D eigenvalue weighted by atomic mass is 32.2. The lowest BCUT2D eigenvalue weighted by Gasteiger charge is -2.20.